The Balaban J connectivity index is 0.00000288. The van der Waals surface area contributed by atoms with Crippen LogP contribution < -0.4 is 10.6 Å². The zero-order chi connectivity index (χ0) is 16.5. The average Bonchev–Trinajstić information content (AvgIpc) is 2.52. The molecule has 24 heavy (non-hydrogen) atoms. The van der Waals surface area contributed by atoms with Crippen LogP contribution in [0.2, 0.25) is 0 Å². The highest BCUT2D eigenvalue weighted by Gasteiger charge is 2.38. The molecule has 0 atom stereocenters. The number of halogens is 2. The normalized spacial score (nSPS) is 16.0. The molecule has 1 aliphatic carbocycles. The molecular weight excluding hydrogens is 420 g/mol. The van der Waals surface area contributed by atoms with Crippen molar-refractivity contribution in [1.29, 1.82) is 0 Å². The fourth-order valence-electron chi connectivity index (χ4n) is 2.90. The molecule has 0 unspecified atom stereocenters. The Morgan fingerprint density at radius 2 is 1.92 bits per heavy atom. The number of benzene rings is 1. The van der Waals surface area contributed by atoms with Crippen LogP contribution in [0.15, 0.2) is 29.3 Å². The molecule has 1 fully saturated rings. The quantitative estimate of drug-likeness (QED) is 0.277. The third kappa shape index (κ3) is 5.88. The fraction of sp³-hybridized carbons (Fsp3) is 0.611. The predicted molar refractivity (Wildman–Crippen MR) is 108 cm³/mol. The minimum atomic E-state index is -0.183. The number of nitrogens with one attached hydrogen (secondary N) is 2. The summed E-state index contributed by atoms with van der Waals surface area (Å²) in [7, 11) is 0. The number of hydrogen-bond acceptors (Lipinski definition) is 2. The van der Waals surface area contributed by atoms with E-state index in [1.165, 1.54) is 12.0 Å². The van der Waals surface area contributed by atoms with E-state index >= 15 is 0 Å². The van der Waals surface area contributed by atoms with Gasteiger partial charge in [0.2, 0.25) is 0 Å². The van der Waals surface area contributed by atoms with Crippen LogP contribution in [0, 0.1) is 5.82 Å². The standard InChI is InChI=1S/C18H28FN3O.HI/c1-3-20-17(21-12-13-23-4-2)22-14-18(10-5-11-18)15-6-8-16(19)9-7-15;/h6-9H,3-5,10-14H2,1-2H3,(H2,20,21,22);1H. The molecule has 0 spiro atoms. The lowest BCUT2D eigenvalue weighted by Crippen LogP contribution is -2.42. The second kappa shape index (κ2) is 10.9. The van der Waals surface area contributed by atoms with Gasteiger partial charge in [-0.2, -0.15) is 0 Å². The number of rotatable bonds is 8. The Hall–Kier alpha value is -0.890. The van der Waals surface area contributed by atoms with E-state index in [1.54, 1.807) is 12.1 Å². The van der Waals surface area contributed by atoms with E-state index in [2.05, 4.69) is 17.6 Å². The van der Waals surface area contributed by atoms with Gasteiger partial charge >= 0.3 is 0 Å². The van der Waals surface area contributed by atoms with Crippen LogP contribution in [0.3, 0.4) is 0 Å². The van der Waals surface area contributed by atoms with Crippen molar-refractivity contribution < 1.29 is 9.13 Å². The first-order valence-electron chi connectivity index (χ1n) is 8.56. The summed E-state index contributed by atoms with van der Waals surface area (Å²) < 4.78 is 18.5. The largest absolute Gasteiger partial charge is 0.380 e. The fourth-order valence-corrected chi connectivity index (χ4v) is 2.90. The van der Waals surface area contributed by atoms with Crippen LogP contribution in [0.5, 0.6) is 0 Å². The monoisotopic (exact) mass is 449 g/mol. The summed E-state index contributed by atoms with van der Waals surface area (Å²) in [6.07, 6.45) is 3.43. The molecule has 2 rings (SSSR count). The van der Waals surface area contributed by atoms with Crippen molar-refractivity contribution >= 4 is 29.9 Å². The van der Waals surface area contributed by atoms with Crippen molar-refractivity contribution in [3.8, 4) is 0 Å². The van der Waals surface area contributed by atoms with Crippen LogP contribution in [0.4, 0.5) is 4.39 Å². The van der Waals surface area contributed by atoms with E-state index in [0.717, 1.165) is 45.0 Å². The van der Waals surface area contributed by atoms with Crippen LogP contribution in [-0.2, 0) is 10.2 Å². The number of nitrogens with zero attached hydrogens (tertiary/aromatic N) is 1. The Labute approximate surface area is 161 Å². The highest BCUT2D eigenvalue weighted by molar-refractivity contribution is 14.0. The van der Waals surface area contributed by atoms with Gasteiger partial charge in [-0.3, -0.25) is 4.99 Å². The first-order valence-corrected chi connectivity index (χ1v) is 8.56. The summed E-state index contributed by atoms with van der Waals surface area (Å²) in [6.45, 7) is 7.73. The van der Waals surface area contributed by atoms with E-state index in [1.807, 2.05) is 19.1 Å². The topological polar surface area (TPSA) is 45.7 Å². The van der Waals surface area contributed by atoms with Gasteiger partial charge in [0.05, 0.1) is 13.2 Å². The van der Waals surface area contributed by atoms with E-state index in [-0.39, 0.29) is 35.2 Å². The van der Waals surface area contributed by atoms with E-state index < -0.39 is 0 Å². The van der Waals surface area contributed by atoms with Crippen molar-refractivity contribution in [3.05, 3.63) is 35.6 Å². The molecule has 0 radical (unpaired) electrons. The first-order chi connectivity index (χ1) is 11.2. The zero-order valence-electron chi connectivity index (χ0n) is 14.6. The highest BCUT2D eigenvalue weighted by Crippen LogP contribution is 2.43. The zero-order valence-corrected chi connectivity index (χ0v) is 16.9. The molecule has 0 amide bonds. The number of aliphatic imine (C=N–C) groups is 1. The molecular formula is C18H29FIN3O. The van der Waals surface area contributed by atoms with Crippen LogP contribution in [0.25, 0.3) is 0 Å². The van der Waals surface area contributed by atoms with Gasteiger partial charge in [-0.1, -0.05) is 18.6 Å². The first kappa shape index (κ1) is 21.2. The Bertz CT molecular complexity index is 503. The summed E-state index contributed by atoms with van der Waals surface area (Å²) in [4.78, 5) is 4.75. The van der Waals surface area contributed by atoms with Crippen molar-refractivity contribution in [1.82, 2.24) is 10.6 Å². The number of ether oxygens (including phenoxy) is 1. The van der Waals surface area contributed by atoms with Crippen molar-refractivity contribution in [2.45, 2.75) is 38.5 Å². The minimum absolute atomic E-state index is 0. The molecule has 1 aromatic rings. The smallest absolute Gasteiger partial charge is 0.191 e. The van der Waals surface area contributed by atoms with Crippen molar-refractivity contribution in [2.75, 3.05) is 32.8 Å². The molecule has 1 aromatic carbocycles. The molecule has 0 heterocycles. The van der Waals surface area contributed by atoms with Gasteiger partial charge in [-0.15, -0.1) is 24.0 Å². The molecule has 2 N–H and O–H groups in total. The molecule has 136 valence electrons. The SMILES string of the molecule is CCNC(=NCC1(c2ccc(F)cc2)CCC1)NCCOCC.I. The van der Waals surface area contributed by atoms with Gasteiger partial charge in [0.25, 0.3) is 0 Å². The van der Waals surface area contributed by atoms with Crippen LogP contribution in [-0.4, -0.2) is 38.8 Å². The van der Waals surface area contributed by atoms with Gasteiger partial charge in [0, 0.05) is 25.1 Å². The highest BCUT2D eigenvalue weighted by atomic mass is 127. The maximum Gasteiger partial charge on any atom is 0.191 e. The molecule has 1 saturated carbocycles. The van der Waals surface area contributed by atoms with Gasteiger partial charge in [-0.25, -0.2) is 4.39 Å². The Morgan fingerprint density at radius 1 is 1.21 bits per heavy atom. The molecule has 0 saturated heterocycles. The lowest BCUT2D eigenvalue weighted by atomic mass is 9.64. The second-order valence-electron chi connectivity index (χ2n) is 5.96. The minimum Gasteiger partial charge on any atom is -0.380 e. The summed E-state index contributed by atoms with van der Waals surface area (Å²) in [5, 5.41) is 6.55. The molecule has 0 aromatic heterocycles. The maximum absolute atomic E-state index is 13.2. The average molecular weight is 449 g/mol. The summed E-state index contributed by atoms with van der Waals surface area (Å²) >= 11 is 0. The Morgan fingerprint density at radius 3 is 2.46 bits per heavy atom. The van der Waals surface area contributed by atoms with Gasteiger partial charge < -0.3 is 15.4 Å². The summed E-state index contributed by atoms with van der Waals surface area (Å²) in [5.74, 6) is 0.637. The molecule has 1 aliphatic rings. The Kier molecular flexibility index (Phi) is 9.58. The molecule has 0 aliphatic heterocycles. The lowest BCUT2D eigenvalue weighted by Gasteiger charge is -2.41. The van der Waals surface area contributed by atoms with E-state index in [9.17, 15) is 4.39 Å². The molecule has 0 bridgehead atoms. The summed E-state index contributed by atoms with van der Waals surface area (Å²) in [6, 6.07) is 6.90. The van der Waals surface area contributed by atoms with Crippen LogP contribution in [0.1, 0.15) is 38.7 Å². The van der Waals surface area contributed by atoms with Gasteiger partial charge in [-0.05, 0) is 44.4 Å². The van der Waals surface area contributed by atoms with Gasteiger partial charge in [0.15, 0.2) is 5.96 Å². The number of hydrogen-bond donors (Lipinski definition) is 2. The second-order valence-corrected chi connectivity index (χ2v) is 5.96. The van der Waals surface area contributed by atoms with E-state index in [0.29, 0.717) is 6.61 Å². The summed E-state index contributed by atoms with van der Waals surface area (Å²) in [5.41, 5.74) is 1.26. The third-order valence-corrected chi connectivity index (χ3v) is 4.39. The van der Waals surface area contributed by atoms with Crippen molar-refractivity contribution in [3.63, 3.8) is 0 Å². The predicted octanol–water partition coefficient (Wildman–Crippen LogP) is 3.46. The van der Waals surface area contributed by atoms with Gasteiger partial charge in [0.1, 0.15) is 5.82 Å². The third-order valence-electron chi connectivity index (χ3n) is 4.39. The lowest BCUT2D eigenvalue weighted by molar-refractivity contribution is 0.152. The van der Waals surface area contributed by atoms with Crippen LogP contribution >= 0.6 is 24.0 Å². The number of guanidine groups is 1. The van der Waals surface area contributed by atoms with E-state index in [4.69, 9.17) is 9.73 Å². The van der Waals surface area contributed by atoms with Crippen molar-refractivity contribution in [2.24, 2.45) is 4.99 Å². The maximum atomic E-state index is 13.2. The molecule has 6 heteroatoms. The molecule has 4 nitrogen and oxygen atoms in total.